The second-order valence-corrected chi connectivity index (χ2v) is 3.45. The molecule has 0 saturated heterocycles. The Morgan fingerprint density at radius 1 is 1.08 bits per heavy atom. The van der Waals surface area contributed by atoms with Gasteiger partial charge in [-0.3, -0.25) is 0 Å². The fourth-order valence-electron chi connectivity index (χ4n) is 1.18. The van der Waals surface area contributed by atoms with Crippen LogP contribution in [-0.2, 0) is 0 Å². The third-order valence-corrected chi connectivity index (χ3v) is 1.95. The maximum Gasteiger partial charge on any atom is 0.0546 e. The van der Waals surface area contributed by atoms with Crippen LogP contribution in [-0.4, -0.2) is 25.8 Å². The quantitative estimate of drug-likeness (QED) is 0.373. The van der Waals surface area contributed by atoms with Crippen molar-refractivity contribution in [3.05, 3.63) is 0 Å². The molecule has 0 rings (SSSR count). The van der Waals surface area contributed by atoms with Gasteiger partial charge >= 0.3 is 0 Å². The van der Waals surface area contributed by atoms with Crippen molar-refractivity contribution in [1.82, 2.24) is 10.6 Å². The predicted molar refractivity (Wildman–Crippen MR) is 58.7 cm³/mol. The van der Waals surface area contributed by atoms with E-state index in [4.69, 9.17) is 5.73 Å². The van der Waals surface area contributed by atoms with E-state index in [-0.39, 0.29) is 6.17 Å². The average molecular weight is 187 g/mol. The lowest BCUT2D eigenvalue weighted by atomic mass is 10.2. The summed E-state index contributed by atoms with van der Waals surface area (Å²) in [4.78, 5) is 0. The molecular formula is C10H25N3. The topological polar surface area (TPSA) is 50.1 Å². The molecule has 3 heteroatoms. The fraction of sp³-hybridized carbons (Fsp3) is 1.00. The Bertz CT molecular complexity index is 96.2. The molecule has 1 unspecified atom stereocenters. The van der Waals surface area contributed by atoms with Gasteiger partial charge in [0.05, 0.1) is 6.17 Å². The Morgan fingerprint density at radius 2 is 1.77 bits per heavy atom. The predicted octanol–water partition coefficient (Wildman–Crippen LogP) is 1.05. The Labute approximate surface area is 82.5 Å². The van der Waals surface area contributed by atoms with Gasteiger partial charge in [-0.1, -0.05) is 13.8 Å². The summed E-state index contributed by atoms with van der Waals surface area (Å²) in [5.41, 5.74) is 5.84. The smallest absolute Gasteiger partial charge is 0.0546 e. The van der Waals surface area contributed by atoms with Gasteiger partial charge in [-0.2, -0.15) is 0 Å². The second-order valence-electron chi connectivity index (χ2n) is 3.45. The average Bonchev–Trinajstić information content (AvgIpc) is 2.14. The molecule has 13 heavy (non-hydrogen) atoms. The summed E-state index contributed by atoms with van der Waals surface area (Å²) in [6, 6.07) is 0. The largest absolute Gasteiger partial charge is 0.317 e. The highest BCUT2D eigenvalue weighted by molar-refractivity contribution is 4.59. The van der Waals surface area contributed by atoms with Crippen molar-refractivity contribution in [2.45, 2.75) is 45.7 Å². The summed E-state index contributed by atoms with van der Waals surface area (Å²) in [6.45, 7) is 7.58. The molecule has 0 heterocycles. The van der Waals surface area contributed by atoms with Crippen LogP contribution in [0.5, 0.6) is 0 Å². The molecule has 0 amide bonds. The van der Waals surface area contributed by atoms with Crippen molar-refractivity contribution in [2.75, 3.05) is 19.6 Å². The van der Waals surface area contributed by atoms with E-state index in [2.05, 4.69) is 24.5 Å². The highest BCUT2D eigenvalue weighted by Gasteiger charge is 1.98. The molecule has 0 fully saturated rings. The van der Waals surface area contributed by atoms with Crippen molar-refractivity contribution in [3.8, 4) is 0 Å². The first kappa shape index (κ1) is 12.9. The van der Waals surface area contributed by atoms with E-state index >= 15 is 0 Å². The van der Waals surface area contributed by atoms with E-state index in [1.807, 2.05) is 0 Å². The minimum absolute atomic E-state index is 0.184. The minimum atomic E-state index is 0.184. The molecule has 0 radical (unpaired) electrons. The monoisotopic (exact) mass is 187 g/mol. The molecule has 0 aromatic rings. The third kappa shape index (κ3) is 9.80. The summed E-state index contributed by atoms with van der Waals surface area (Å²) in [5.74, 6) is 0. The van der Waals surface area contributed by atoms with Crippen LogP contribution < -0.4 is 16.4 Å². The number of hydrogen-bond donors (Lipinski definition) is 3. The Hall–Kier alpha value is -0.120. The summed E-state index contributed by atoms with van der Waals surface area (Å²) in [6.07, 6.45) is 4.78. The molecule has 0 bridgehead atoms. The zero-order valence-electron chi connectivity index (χ0n) is 9.10. The van der Waals surface area contributed by atoms with Crippen LogP contribution in [0.25, 0.3) is 0 Å². The molecule has 0 aromatic carbocycles. The van der Waals surface area contributed by atoms with Crippen LogP contribution in [0.1, 0.15) is 39.5 Å². The molecule has 1 atom stereocenters. The molecule has 0 spiro atoms. The second kappa shape index (κ2) is 9.96. The highest BCUT2D eigenvalue weighted by atomic mass is 15.0. The molecule has 0 aliphatic carbocycles. The normalized spacial score (nSPS) is 13.2. The molecular weight excluding hydrogens is 162 g/mol. The highest BCUT2D eigenvalue weighted by Crippen LogP contribution is 1.90. The van der Waals surface area contributed by atoms with Crippen LogP contribution in [0.15, 0.2) is 0 Å². The lowest BCUT2D eigenvalue weighted by molar-refractivity contribution is 0.470. The minimum Gasteiger partial charge on any atom is -0.317 e. The molecule has 80 valence electrons. The number of nitrogens with one attached hydrogen (secondary N) is 2. The van der Waals surface area contributed by atoms with Gasteiger partial charge in [0.2, 0.25) is 0 Å². The first-order chi connectivity index (χ1) is 6.31. The van der Waals surface area contributed by atoms with E-state index in [9.17, 15) is 0 Å². The van der Waals surface area contributed by atoms with E-state index in [0.29, 0.717) is 0 Å². The van der Waals surface area contributed by atoms with Crippen molar-refractivity contribution >= 4 is 0 Å². The van der Waals surface area contributed by atoms with Crippen LogP contribution in [0, 0.1) is 0 Å². The van der Waals surface area contributed by atoms with Crippen molar-refractivity contribution in [3.63, 3.8) is 0 Å². The maximum atomic E-state index is 5.84. The number of nitrogens with two attached hydrogens (primary N) is 1. The number of rotatable bonds is 9. The Kier molecular flexibility index (Phi) is 9.87. The standard InChI is InChI=1S/C10H25N3/c1-3-7-12-9-5-6-10(11)13-8-4-2/h10,12-13H,3-9,11H2,1-2H3. The Morgan fingerprint density at radius 3 is 2.38 bits per heavy atom. The van der Waals surface area contributed by atoms with E-state index in [0.717, 1.165) is 38.9 Å². The van der Waals surface area contributed by atoms with Crippen molar-refractivity contribution in [2.24, 2.45) is 5.73 Å². The SMILES string of the molecule is CCCNCCCC(N)NCCC. The van der Waals surface area contributed by atoms with E-state index in [1.54, 1.807) is 0 Å². The zero-order valence-corrected chi connectivity index (χ0v) is 9.10. The summed E-state index contributed by atoms with van der Waals surface area (Å²) in [7, 11) is 0. The molecule has 0 aromatic heterocycles. The van der Waals surface area contributed by atoms with Crippen LogP contribution in [0.4, 0.5) is 0 Å². The molecule has 4 N–H and O–H groups in total. The van der Waals surface area contributed by atoms with Gasteiger partial charge in [-0.25, -0.2) is 0 Å². The summed E-state index contributed by atoms with van der Waals surface area (Å²) >= 11 is 0. The van der Waals surface area contributed by atoms with Crippen LogP contribution in [0.2, 0.25) is 0 Å². The van der Waals surface area contributed by atoms with Gasteiger partial charge in [0, 0.05) is 0 Å². The van der Waals surface area contributed by atoms with Gasteiger partial charge in [0.1, 0.15) is 0 Å². The zero-order chi connectivity index (χ0) is 9.94. The van der Waals surface area contributed by atoms with Gasteiger partial charge in [0.15, 0.2) is 0 Å². The maximum absolute atomic E-state index is 5.84. The first-order valence-corrected chi connectivity index (χ1v) is 5.51. The lowest BCUT2D eigenvalue weighted by Gasteiger charge is -2.12. The summed E-state index contributed by atoms with van der Waals surface area (Å²) < 4.78 is 0. The van der Waals surface area contributed by atoms with Crippen LogP contribution in [0.3, 0.4) is 0 Å². The molecule has 0 aliphatic rings. The molecule has 0 aliphatic heterocycles. The van der Waals surface area contributed by atoms with Gasteiger partial charge in [0.25, 0.3) is 0 Å². The van der Waals surface area contributed by atoms with Gasteiger partial charge < -0.3 is 16.4 Å². The summed E-state index contributed by atoms with van der Waals surface area (Å²) in [5, 5.41) is 6.64. The third-order valence-electron chi connectivity index (χ3n) is 1.95. The van der Waals surface area contributed by atoms with Crippen molar-refractivity contribution < 1.29 is 0 Å². The molecule has 3 nitrogen and oxygen atoms in total. The fourth-order valence-corrected chi connectivity index (χ4v) is 1.18. The van der Waals surface area contributed by atoms with E-state index < -0.39 is 0 Å². The van der Waals surface area contributed by atoms with E-state index in [1.165, 1.54) is 6.42 Å². The Balaban J connectivity index is 3.03. The van der Waals surface area contributed by atoms with Crippen molar-refractivity contribution in [1.29, 1.82) is 0 Å². The first-order valence-electron chi connectivity index (χ1n) is 5.51. The van der Waals surface area contributed by atoms with Gasteiger partial charge in [-0.15, -0.1) is 0 Å². The van der Waals surface area contributed by atoms with Crippen LogP contribution >= 0.6 is 0 Å². The number of hydrogen-bond acceptors (Lipinski definition) is 3. The lowest BCUT2D eigenvalue weighted by Crippen LogP contribution is -2.38. The molecule has 0 saturated carbocycles. The van der Waals surface area contributed by atoms with Gasteiger partial charge in [-0.05, 0) is 45.3 Å².